The molecule has 0 saturated heterocycles. The first kappa shape index (κ1) is 23.2. The van der Waals surface area contributed by atoms with E-state index in [9.17, 15) is 17.6 Å². The van der Waals surface area contributed by atoms with E-state index in [0.717, 1.165) is 37.6 Å². The number of halogens is 2. The van der Waals surface area contributed by atoms with Crippen molar-refractivity contribution in [3.05, 3.63) is 58.6 Å². The van der Waals surface area contributed by atoms with Gasteiger partial charge in [0.05, 0.1) is 27.7 Å². The summed E-state index contributed by atoms with van der Waals surface area (Å²) in [5.74, 6) is -0.922. The minimum Gasteiger partial charge on any atom is -0.352 e. The van der Waals surface area contributed by atoms with Crippen LogP contribution in [0.25, 0.3) is 0 Å². The number of amides is 1. The maximum Gasteiger partial charge on any atom is 0.252 e. The monoisotopic (exact) mass is 442 g/mol. The number of unbranched alkanes of at least 4 members (excludes halogenated alkanes) is 1. The van der Waals surface area contributed by atoms with Crippen molar-refractivity contribution < 1.29 is 17.6 Å². The third-order valence-corrected chi connectivity index (χ3v) is 5.74. The van der Waals surface area contributed by atoms with Gasteiger partial charge in [-0.05, 0) is 63.8 Å². The van der Waals surface area contributed by atoms with E-state index in [1.54, 1.807) is 12.1 Å². The van der Waals surface area contributed by atoms with E-state index >= 15 is 0 Å². The lowest BCUT2D eigenvalue weighted by atomic mass is 10.2. The van der Waals surface area contributed by atoms with Crippen molar-refractivity contribution in [1.29, 1.82) is 0 Å². The summed E-state index contributed by atoms with van der Waals surface area (Å²) in [6, 6.07) is 6.31. The third-order valence-electron chi connectivity index (χ3n) is 4.05. The number of aromatic nitrogens is 1. The van der Waals surface area contributed by atoms with Gasteiger partial charge in [-0.3, -0.25) is 9.78 Å². The highest BCUT2D eigenvalue weighted by Gasteiger charge is 2.16. The molecule has 0 aliphatic rings. The molecule has 1 amide bonds. The van der Waals surface area contributed by atoms with Crippen LogP contribution in [-0.4, -0.2) is 51.4 Å². The average molecular weight is 443 g/mol. The van der Waals surface area contributed by atoms with Crippen molar-refractivity contribution in [3.8, 4) is 0 Å². The zero-order valence-electron chi connectivity index (χ0n) is 16.3. The molecule has 10 heteroatoms. The number of rotatable bonds is 10. The molecule has 1 aromatic carbocycles. The van der Waals surface area contributed by atoms with E-state index in [1.807, 2.05) is 14.1 Å². The van der Waals surface area contributed by atoms with Crippen LogP contribution in [0.15, 0.2) is 41.4 Å². The third kappa shape index (κ3) is 7.36. The van der Waals surface area contributed by atoms with Crippen molar-refractivity contribution in [2.75, 3.05) is 27.2 Å². The van der Waals surface area contributed by atoms with Gasteiger partial charge >= 0.3 is 0 Å². The van der Waals surface area contributed by atoms with E-state index in [4.69, 9.17) is 11.6 Å². The summed E-state index contributed by atoms with van der Waals surface area (Å²) in [5, 5.41) is 2.55. The lowest BCUT2D eigenvalue weighted by Gasteiger charge is -2.10. The van der Waals surface area contributed by atoms with Gasteiger partial charge in [0.25, 0.3) is 5.91 Å². The van der Waals surface area contributed by atoms with Gasteiger partial charge in [-0.2, -0.15) is 0 Å². The molecule has 0 bridgehead atoms. The highest BCUT2D eigenvalue weighted by atomic mass is 35.5. The van der Waals surface area contributed by atoms with Crippen molar-refractivity contribution in [1.82, 2.24) is 19.9 Å². The van der Waals surface area contributed by atoms with E-state index in [2.05, 4.69) is 19.9 Å². The molecule has 0 spiro atoms. The molecule has 158 valence electrons. The van der Waals surface area contributed by atoms with Gasteiger partial charge in [-0.25, -0.2) is 17.5 Å². The summed E-state index contributed by atoms with van der Waals surface area (Å²) in [6.45, 7) is 1.46. The average Bonchev–Trinajstić information content (AvgIpc) is 2.68. The van der Waals surface area contributed by atoms with Crippen molar-refractivity contribution in [2.24, 2.45) is 0 Å². The van der Waals surface area contributed by atoms with Gasteiger partial charge in [-0.1, -0.05) is 11.6 Å². The summed E-state index contributed by atoms with van der Waals surface area (Å²) in [4.78, 5) is 18.2. The van der Waals surface area contributed by atoms with Gasteiger partial charge < -0.3 is 10.2 Å². The number of sulfonamides is 1. The molecule has 29 heavy (non-hydrogen) atoms. The molecule has 2 rings (SSSR count). The Labute approximate surface area is 175 Å². The van der Waals surface area contributed by atoms with E-state index in [1.165, 1.54) is 6.20 Å². The van der Waals surface area contributed by atoms with Crippen LogP contribution in [0.1, 0.15) is 28.9 Å². The van der Waals surface area contributed by atoms with Gasteiger partial charge in [-0.15, -0.1) is 0 Å². The number of hydrogen-bond donors (Lipinski definition) is 2. The molecule has 0 fully saturated rings. The molecular weight excluding hydrogens is 419 g/mol. The van der Waals surface area contributed by atoms with Crippen LogP contribution >= 0.6 is 11.6 Å². The molecule has 0 radical (unpaired) electrons. The number of nitrogens with zero attached hydrogens (tertiary/aromatic N) is 2. The number of benzene rings is 1. The first-order valence-electron chi connectivity index (χ1n) is 9.01. The molecule has 0 aliphatic carbocycles. The maximum absolute atomic E-state index is 13.2. The number of nitrogens with one attached hydrogen (secondary N) is 2. The summed E-state index contributed by atoms with van der Waals surface area (Å²) < 4.78 is 40.1. The molecule has 7 nitrogen and oxygen atoms in total. The van der Waals surface area contributed by atoms with E-state index < -0.39 is 15.8 Å². The zero-order chi connectivity index (χ0) is 21.4. The molecule has 0 aliphatic heterocycles. The fraction of sp³-hybridized carbons (Fsp3) is 0.368. The van der Waals surface area contributed by atoms with Crippen LogP contribution in [0.4, 0.5) is 4.39 Å². The van der Waals surface area contributed by atoms with Gasteiger partial charge in [0.15, 0.2) is 0 Å². The Morgan fingerprint density at radius 2 is 1.97 bits per heavy atom. The second-order valence-corrected chi connectivity index (χ2v) is 8.88. The lowest BCUT2D eigenvalue weighted by molar-refractivity contribution is 0.0952. The first-order chi connectivity index (χ1) is 13.7. The van der Waals surface area contributed by atoms with Crippen molar-refractivity contribution >= 4 is 27.5 Å². The van der Waals surface area contributed by atoms with E-state index in [0.29, 0.717) is 17.8 Å². The molecule has 0 saturated carbocycles. The van der Waals surface area contributed by atoms with Crippen LogP contribution in [0.2, 0.25) is 5.02 Å². The second kappa shape index (κ2) is 10.6. The van der Waals surface area contributed by atoms with Crippen LogP contribution in [0.3, 0.4) is 0 Å². The summed E-state index contributed by atoms with van der Waals surface area (Å²) >= 11 is 5.63. The summed E-state index contributed by atoms with van der Waals surface area (Å²) in [7, 11) is 0.130. The van der Waals surface area contributed by atoms with Crippen molar-refractivity contribution in [3.63, 3.8) is 0 Å². The normalized spacial score (nSPS) is 11.6. The Hall–Kier alpha value is -2.07. The molecule has 0 unspecified atom stereocenters. The largest absolute Gasteiger partial charge is 0.352 e. The summed E-state index contributed by atoms with van der Waals surface area (Å²) in [6.07, 6.45) is 3.27. The van der Waals surface area contributed by atoms with Gasteiger partial charge in [0.2, 0.25) is 10.0 Å². The fourth-order valence-corrected chi connectivity index (χ4v) is 3.69. The SMILES string of the molecule is CN(C)CCCCNC(=O)c1ccc(CNS(=O)(=O)c2ccc(F)c(Cl)c2)nc1. The predicted octanol–water partition coefficient (Wildman–Crippen LogP) is 2.42. The molecule has 0 atom stereocenters. The minimum absolute atomic E-state index is 0.0796. The van der Waals surface area contributed by atoms with Crippen LogP contribution in [-0.2, 0) is 16.6 Å². The van der Waals surface area contributed by atoms with Crippen molar-refractivity contribution in [2.45, 2.75) is 24.3 Å². The summed E-state index contributed by atoms with van der Waals surface area (Å²) in [5.41, 5.74) is 0.832. The number of pyridine rings is 1. The Morgan fingerprint density at radius 1 is 1.21 bits per heavy atom. The Balaban J connectivity index is 1.86. The maximum atomic E-state index is 13.2. The minimum atomic E-state index is -3.87. The number of hydrogen-bond acceptors (Lipinski definition) is 5. The molecule has 2 N–H and O–H groups in total. The zero-order valence-corrected chi connectivity index (χ0v) is 17.9. The predicted molar refractivity (Wildman–Crippen MR) is 110 cm³/mol. The second-order valence-electron chi connectivity index (χ2n) is 6.70. The molecule has 1 heterocycles. The number of carbonyl (C=O) groups is 1. The fourth-order valence-electron chi connectivity index (χ4n) is 2.42. The number of carbonyl (C=O) groups excluding carboxylic acids is 1. The Kier molecular flexibility index (Phi) is 8.51. The first-order valence-corrected chi connectivity index (χ1v) is 10.9. The van der Waals surface area contributed by atoms with Crippen LogP contribution in [0.5, 0.6) is 0 Å². The highest BCUT2D eigenvalue weighted by Crippen LogP contribution is 2.19. The van der Waals surface area contributed by atoms with E-state index in [-0.39, 0.29) is 22.4 Å². The Bertz CT molecular complexity index is 937. The standard InChI is InChI=1S/C19H24ClFN4O3S/c1-25(2)10-4-3-9-22-19(26)14-5-6-15(23-12-14)13-24-29(27,28)16-7-8-18(21)17(20)11-16/h5-8,11-12,24H,3-4,9-10,13H2,1-2H3,(H,22,26). The van der Waals surface area contributed by atoms with Gasteiger partial charge in [0.1, 0.15) is 5.82 Å². The van der Waals surface area contributed by atoms with Crippen LogP contribution < -0.4 is 10.0 Å². The lowest BCUT2D eigenvalue weighted by Crippen LogP contribution is -2.26. The van der Waals surface area contributed by atoms with Crippen LogP contribution in [0, 0.1) is 5.82 Å². The topological polar surface area (TPSA) is 91.4 Å². The molecule has 1 aromatic heterocycles. The highest BCUT2D eigenvalue weighted by molar-refractivity contribution is 7.89. The Morgan fingerprint density at radius 3 is 2.59 bits per heavy atom. The molecule has 2 aromatic rings. The van der Waals surface area contributed by atoms with Gasteiger partial charge in [0, 0.05) is 12.7 Å². The quantitative estimate of drug-likeness (QED) is 0.551. The smallest absolute Gasteiger partial charge is 0.252 e. The molecular formula is C19H24ClFN4O3S.